The molecule has 0 bridgehead atoms. The molecule has 1 amide bonds. The van der Waals surface area contributed by atoms with Gasteiger partial charge in [0.25, 0.3) is 5.91 Å². The molecule has 34 heavy (non-hydrogen) atoms. The molecule has 0 fully saturated rings. The smallest absolute Gasteiger partial charge is 0.344 e. The van der Waals surface area contributed by atoms with E-state index in [2.05, 4.69) is 26.5 Å². The monoisotopic (exact) mass is 544 g/mol. The Labute approximate surface area is 210 Å². The Morgan fingerprint density at radius 1 is 1.09 bits per heavy atom. The number of amides is 1. The molecule has 0 aliphatic rings. The lowest BCUT2D eigenvalue weighted by Crippen LogP contribution is -2.43. The van der Waals surface area contributed by atoms with Crippen LogP contribution in [0.25, 0.3) is 0 Å². The quantitative estimate of drug-likeness (QED) is 0.236. The summed E-state index contributed by atoms with van der Waals surface area (Å²) in [6.45, 7) is 1.67. The minimum atomic E-state index is -1.94. The van der Waals surface area contributed by atoms with Crippen LogP contribution in [0.15, 0.2) is 82.4 Å². The van der Waals surface area contributed by atoms with E-state index >= 15 is 0 Å². The van der Waals surface area contributed by atoms with Gasteiger partial charge in [0.1, 0.15) is 0 Å². The molecule has 9 heteroatoms. The number of halogens is 2. The average Bonchev–Trinajstić information content (AvgIpc) is 2.84. The molecule has 176 valence electrons. The summed E-state index contributed by atoms with van der Waals surface area (Å²) in [5.41, 5.74) is 1.82. The van der Waals surface area contributed by atoms with Gasteiger partial charge in [0, 0.05) is 0 Å². The van der Waals surface area contributed by atoms with Crippen LogP contribution in [-0.2, 0) is 19.9 Å². The fraction of sp³-hybridized carbons (Fsp3) is 0.160. The minimum absolute atomic E-state index is 0.233. The highest BCUT2D eigenvalue weighted by Crippen LogP contribution is 2.34. The summed E-state index contributed by atoms with van der Waals surface area (Å²) in [5, 5.41) is 15.6. The second kappa shape index (κ2) is 11.8. The Bertz CT molecular complexity index is 1110. The van der Waals surface area contributed by atoms with E-state index in [0.717, 1.165) is 0 Å². The Kier molecular flexibility index (Phi) is 8.81. The van der Waals surface area contributed by atoms with Crippen molar-refractivity contribution < 1.29 is 24.2 Å². The van der Waals surface area contributed by atoms with Gasteiger partial charge in [0.05, 0.1) is 22.3 Å². The van der Waals surface area contributed by atoms with Crippen LogP contribution < -0.4 is 10.2 Å². The zero-order chi connectivity index (χ0) is 24.6. The second-order valence-electron chi connectivity index (χ2n) is 7.05. The zero-order valence-electron chi connectivity index (χ0n) is 18.2. The summed E-state index contributed by atoms with van der Waals surface area (Å²) in [7, 11) is 0. The molecule has 0 aromatic heterocycles. The fourth-order valence-electron chi connectivity index (χ4n) is 3.16. The summed E-state index contributed by atoms with van der Waals surface area (Å²) < 4.78 is 10.7. The Morgan fingerprint density at radius 3 is 2.21 bits per heavy atom. The number of carbonyl (C=O) groups excluding carboxylic acids is 2. The van der Waals surface area contributed by atoms with Crippen molar-refractivity contribution in [2.75, 3.05) is 13.2 Å². The average molecular weight is 546 g/mol. The van der Waals surface area contributed by atoms with Gasteiger partial charge in [-0.3, -0.25) is 4.79 Å². The van der Waals surface area contributed by atoms with Crippen LogP contribution in [0.2, 0.25) is 5.02 Å². The number of hydrazone groups is 1. The summed E-state index contributed by atoms with van der Waals surface area (Å²) >= 11 is 9.62. The SMILES string of the molecule is CCOC(=O)COc1c(Cl)cc(/C=N/NC(=O)C(O)(c2ccccc2)c2ccccc2)cc1Br. The molecule has 7 nitrogen and oxygen atoms in total. The standard InChI is InChI=1S/C25H22BrClN2O5/c1-2-33-22(30)16-34-23-20(26)13-17(14-21(23)27)15-28-29-24(31)25(32,18-9-5-3-6-10-18)19-11-7-4-8-12-19/h3-15,32H,2,16H2,1H3,(H,29,31)/b28-15+. The largest absolute Gasteiger partial charge is 0.479 e. The van der Waals surface area contributed by atoms with Crippen LogP contribution in [-0.4, -0.2) is 36.4 Å². The van der Waals surface area contributed by atoms with E-state index < -0.39 is 17.5 Å². The third-order valence-corrected chi connectivity index (χ3v) is 5.62. The van der Waals surface area contributed by atoms with Gasteiger partial charge in [-0.05, 0) is 51.7 Å². The van der Waals surface area contributed by atoms with Gasteiger partial charge in [0.15, 0.2) is 18.0 Å². The van der Waals surface area contributed by atoms with Crippen molar-refractivity contribution in [1.29, 1.82) is 0 Å². The first-order valence-corrected chi connectivity index (χ1v) is 11.5. The van der Waals surface area contributed by atoms with Crippen molar-refractivity contribution in [3.8, 4) is 5.75 Å². The van der Waals surface area contributed by atoms with E-state index in [1.54, 1.807) is 79.7 Å². The maximum absolute atomic E-state index is 13.1. The van der Waals surface area contributed by atoms with E-state index in [1.165, 1.54) is 6.21 Å². The van der Waals surface area contributed by atoms with E-state index in [-0.39, 0.29) is 24.0 Å². The molecule has 0 saturated heterocycles. The molecule has 0 atom stereocenters. The maximum atomic E-state index is 13.1. The number of ether oxygens (including phenoxy) is 2. The third kappa shape index (κ3) is 6.02. The Hall–Kier alpha value is -3.20. The highest BCUT2D eigenvalue weighted by atomic mass is 79.9. The molecule has 0 heterocycles. The first-order chi connectivity index (χ1) is 16.4. The third-order valence-electron chi connectivity index (χ3n) is 4.75. The highest BCUT2D eigenvalue weighted by molar-refractivity contribution is 9.10. The maximum Gasteiger partial charge on any atom is 0.344 e. The van der Waals surface area contributed by atoms with Crippen molar-refractivity contribution in [1.82, 2.24) is 5.43 Å². The molecular formula is C25H22BrClN2O5. The van der Waals surface area contributed by atoms with E-state index in [9.17, 15) is 14.7 Å². The normalized spacial score (nSPS) is 11.3. The summed E-state index contributed by atoms with van der Waals surface area (Å²) in [6.07, 6.45) is 1.38. The predicted octanol–water partition coefficient (Wildman–Crippen LogP) is 4.43. The van der Waals surface area contributed by atoms with Gasteiger partial charge in [-0.15, -0.1) is 0 Å². The van der Waals surface area contributed by atoms with Crippen LogP contribution in [0, 0.1) is 0 Å². The van der Waals surface area contributed by atoms with Crippen LogP contribution in [0.5, 0.6) is 5.75 Å². The number of rotatable bonds is 9. The highest BCUT2D eigenvalue weighted by Gasteiger charge is 2.39. The van der Waals surface area contributed by atoms with Gasteiger partial charge >= 0.3 is 5.97 Å². The number of hydrogen-bond donors (Lipinski definition) is 2. The number of nitrogens with one attached hydrogen (secondary N) is 1. The Balaban J connectivity index is 1.77. The minimum Gasteiger partial charge on any atom is -0.479 e. The molecule has 2 N–H and O–H groups in total. The summed E-state index contributed by atoms with van der Waals surface area (Å²) in [6, 6.07) is 20.4. The molecule has 3 aromatic carbocycles. The second-order valence-corrected chi connectivity index (χ2v) is 8.31. The van der Waals surface area contributed by atoms with Crippen LogP contribution in [0.1, 0.15) is 23.6 Å². The fourth-order valence-corrected chi connectivity index (χ4v) is 4.15. The summed E-state index contributed by atoms with van der Waals surface area (Å²) in [4.78, 5) is 24.6. The van der Waals surface area contributed by atoms with Crippen molar-refractivity contribution in [3.05, 3.63) is 99.0 Å². The molecular weight excluding hydrogens is 524 g/mol. The van der Waals surface area contributed by atoms with Crippen molar-refractivity contribution in [3.63, 3.8) is 0 Å². The van der Waals surface area contributed by atoms with Crippen LogP contribution >= 0.6 is 27.5 Å². The molecule has 0 aliphatic carbocycles. The molecule has 0 aliphatic heterocycles. The zero-order valence-corrected chi connectivity index (χ0v) is 20.5. The topological polar surface area (TPSA) is 97.2 Å². The molecule has 0 radical (unpaired) electrons. The first kappa shape index (κ1) is 25.4. The lowest BCUT2D eigenvalue weighted by molar-refractivity contribution is -0.145. The molecule has 0 unspecified atom stereocenters. The van der Waals surface area contributed by atoms with Gasteiger partial charge < -0.3 is 14.6 Å². The van der Waals surface area contributed by atoms with E-state index in [4.69, 9.17) is 21.1 Å². The van der Waals surface area contributed by atoms with Crippen molar-refractivity contribution >= 4 is 45.6 Å². The molecule has 0 saturated carbocycles. The van der Waals surface area contributed by atoms with Crippen molar-refractivity contribution in [2.24, 2.45) is 5.10 Å². The van der Waals surface area contributed by atoms with Gasteiger partial charge in [-0.1, -0.05) is 72.3 Å². The van der Waals surface area contributed by atoms with Gasteiger partial charge in [0.2, 0.25) is 0 Å². The Morgan fingerprint density at radius 2 is 1.68 bits per heavy atom. The number of hydrogen-bond acceptors (Lipinski definition) is 6. The molecule has 3 aromatic rings. The molecule has 3 rings (SSSR count). The number of esters is 1. The van der Waals surface area contributed by atoms with E-state index in [1.807, 2.05) is 0 Å². The lowest BCUT2D eigenvalue weighted by atomic mass is 9.85. The van der Waals surface area contributed by atoms with Gasteiger partial charge in [-0.2, -0.15) is 5.10 Å². The van der Waals surface area contributed by atoms with Crippen LogP contribution in [0.4, 0.5) is 0 Å². The van der Waals surface area contributed by atoms with E-state index in [0.29, 0.717) is 21.2 Å². The number of carbonyl (C=O) groups is 2. The summed E-state index contributed by atoms with van der Waals surface area (Å²) in [5.74, 6) is -0.956. The predicted molar refractivity (Wildman–Crippen MR) is 133 cm³/mol. The van der Waals surface area contributed by atoms with Gasteiger partial charge in [-0.25, -0.2) is 10.2 Å². The lowest BCUT2D eigenvalue weighted by Gasteiger charge is -2.27. The van der Waals surface area contributed by atoms with Crippen LogP contribution in [0.3, 0.4) is 0 Å². The first-order valence-electron chi connectivity index (χ1n) is 10.3. The number of aliphatic hydroxyl groups is 1. The van der Waals surface area contributed by atoms with Crippen molar-refractivity contribution in [2.45, 2.75) is 12.5 Å². The number of nitrogens with zero attached hydrogens (tertiary/aromatic N) is 1. The molecule has 0 spiro atoms. The number of benzene rings is 3.